The fourth-order valence-electron chi connectivity index (χ4n) is 0.996. The van der Waals surface area contributed by atoms with Crippen LogP contribution in [-0.4, -0.2) is 16.9 Å². The predicted octanol–water partition coefficient (Wildman–Crippen LogP) is 1.54. The van der Waals surface area contributed by atoms with E-state index < -0.39 is 0 Å². The van der Waals surface area contributed by atoms with Crippen molar-refractivity contribution in [3.05, 3.63) is 24.0 Å². The Hall–Kier alpha value is -1.58. The van der Waals surface area contributed by atoms with E-state index in [1.165, 1.54) is 0 Å². The molecule has 4 nitrogen and oxygen atoms in total. The van der Waals surface area contributed by atoms with Crippen molar-refractivity contribution in [2.24, 2.45) is 5.73 Å². The number of aromatic nitrogens is 1. The molecule has 1 atom stereocenters. The molecule has 0 aliphatic carbocycles. The van der Waals surface area contributed by atoms with Gasteiger partial charge < -0.3 is 10.5 Å². The number of hydrogen-bond acceptors (Lipinski definition) is 3. The molecule has 14 heavy (non-hydrogen) atoms. The van der Waals surface area contributed by atoms with Crippen LogP contribution in [0.3, 0.4) is 0 Å². The van der Waals surface area contributed by atoms with Gasteiger partial charge in [-0.2, -0.15) is 0 Å². The van der Waals surface area contributed by atoms with Gasteiger partial charge in [0.15, 0.2) is 0 Å². The Labute approximate surface area is 83.6 Å². The van der Waals surface area contributed by atoms with E-state index in [9.17, 15) is 0 Å². The summed E-state index contributed by atoms with van der Waals surface area (Å²) in [7, 11) is 0. The summed E-state index contributed by atoms with van der Waals surface area (Å²) < 4.78 is 5.57. The number of nitrogens with two attached hydrogens (primary N) is 1. The second-order valence-corrected chi connectivity index (χ2v) is 3.12. The lowest BCUT2D eigenvalue weighted by atomic mass is 10.2. The number of amidine groups is 1. The summed E-state index contributed by atoms with van der Waals surface area (Å²) in [6.45, 7) is 4.01. The molecule has 0 spiro atoms. The van der Waals surface area contributed by atoms with Gasteiger partial charge in [0.2, 0.25) is 0 Å². The number of nitrogen functional groups attached to an aromatic ring is 1. The van der Waals surface area contributed by atoms with E-state index in [2.05, 4.69) is 4.98 Å². The summed E-state index contributed by atoms with van der Waals surface area (Å²) >= 11 is 0. The maximum absolute atomic E-state index is 7.35. The van der Waals surface area contributed by atoms with Crippen LogP contribution in [0, 0.1) is 5.41 Å². The maximum Gasteiger partial charge on any atom is 0.148 e. The quantitative estimate of drug-likeness (QED) is 0.562. The zero-order chi connectivity index (χ0) is 10.6. The first-order chi connectivity index (χ1) is 6.65. The monoisotopic (exact) mass is 193 g/mol. The van der Waals surface area contributed by atoms with Gasteiger partial charge in [0.25, 0.3) is 0 Å². The Bertz CT molecular complexity index is 325. The molecule has 0 amide bonds. The molecule has 0 fully saturated rings. The van der Waals surface area contributed by atoms with Gasteiger partial charge in [0.05, 0.1) is 17.9 Å². The minimum absolute atomic E-state index is 0.00528. The normalized spacial score (nSPS) is 12.1. The maximum atomic E-state index is 7.35. The number of hydrogen-bond donors (Lipinski definition) is 2. The molecule has 0 radical (unpaired) electrons. The molecule has 1 aromatic heterocycles. The van der Waals surface area contributed by atoms with Crippen LogP contribution in [0.1, 0.15) is 25.8 Å². The van der Waals surface area contributed by atoms with Crippen molar-refractivity contribution in [3.8, 4) is 5.75 Å². The lowest BCUT2D eigenvalue weighted by molar-refractivity contribution is 0.216. The fourth-order valence-corrected chi connectivity index (χ4v) is 0.996. The van der Waals surface area contributed by atoms with Gasteiger partial charge in [-0.3, -0.25) is 10.4 Å². The number of pyridine rings is 1. The summed E-state index contributed by atoms with van der Waals surface area (Å²) in [6, 6.07) is 1.68. The van der Waals surface area contributed by atoms with Crippen LogP contribution in [0.5, 0.6) is 5.75 Å². The fraction of sp³-hybridized carbons (Fsp3) is 0.400. The first-order valence-corrected chi connectivity index (χ1v) is 4.60. The van der Waals surface area contributed by atoms with Crippen LogP contribution in [0.25, 0.3) is 0 Å². The predicted molar refractivity (Wildman–Crippen MR) is 55.6 cm³/mol. The first kappa shape index (κ1) is 10.5. The van der Waals surface area contributed by atoms with Gasteiger partial charge in [-0.15, -0.1) is 0 Å². The van der Waals surface area contributed by atoms with Crippen molar-refractivity contribution in [1.82, 2.24) is 4.98 Å². The molecule has 0 bridgehead atoms. The summed E-state index contributed by atoms with van der Waals surface area (Å²) in [5, 5.41) is 7.35. The molecular formula is C10H15N3O. The van der Waals surface area contributed by atoms with Crippen molar-refractivity contribution in [2.75, 3.05) is 0 Å². The van der Waals surface area contributed by atoms with E-state index in [0.29, 0.717) is 11.3 Å². The van der Waals surface area contributed by atoms with Crippen molar-refractivity contribution in [3.63, 3.8) is 0 Å². The minimum Gasteiger partial charge on any atom is -0.488 e. The summed E-state index contributed by atoms with van der Waals surface area (Å²) in [6.07, 6.45) is 4.20. The summed E-state index contributed by atoms with van der Waals surface area (Å²) in [4.78, 5) is 3.94. The number of nitrogens with zero attached hydrogens (tertiary/aromatic N) is 1. The Balaban J connectivity index is 2.90. The Morgan fingerprint density at radius 2 is 2.43 bits per heavy atom. The van der Waals surface area contributed by atoms with Crippen LogP contribution >= 0.6 is 0 Å². The van der Waals surface area contributed by atoms with Crippen LogP contribution in [0.4, 0.5) is 0 Å². The highest BCUT2D eigenvalue weighted by Gasteiger charge is 2.08. The van der Waals surface area contributed by atoms with Crippen molar-refractivity contribution < 1.29 is 4.74 Å². The molecule has 0 aromatic carbocycles. The van der Waals surface area contributed by atoms with Gasteiger partial charge >= 0.3 is 0 Å². The third kappa shape index (κ3) is 2.45. The zero-order valence-corrected chi connectivity index (χ0v) is 8.45. The highest BCUT2D eigenvalue weighted by atomic mass is 16.5. The molecule has 0 saturated carbocycles. The third-order valence-electron chi connectivity index (χ3n) is 1.98. The van der Waals surface area contributed by atoms with E-state index in [1.807, 2.05) is 13.8 Å². The number of ether oxygens (including phenoxy) is 1. The molecule has 0 aliphatic rings. The molecule has 3 N–H and O–H groups in total. The smallest absolute Gasteiger partial charge is 0.148 e. The van der Waals surface area contributed by atoms with E-state index in [1.54, 1.807) is 18.5 Å². The zero-order valence-electron chi connectivity index (χ0n) is 8.45. The van der Waals surface area contributed by atoms with E-state index in [0.717, 1.165) is 6.42 Å². The average Bonchev–Trinajstić information content (AvgIpc) is 2.18. The topological polar surface area (TPSA) is 72.0 Å². The Morgan fingerprint density at radius 1 is 1.71 bits per heavy atom. The summed E-state index contributed by atoms with van der Waals surface area (Å²) in [5.41, 5.74) is 6.00. The largest absolute Gasteiger partial charge is 0.488 e. The van der Waals surface area contributed by atoms with E-state index in [-0.39, 0.29) is 11.9 Å². The first-order valence-electron chi connectivity index (χ1n) is 4.60. The highest BCUT2D eigenvalue weighted by molar-refractivity contribution is 5.97. The average molecular weight is 193 g/mol. The molecule has 0 aliphatic heterocycles. The Morgan fingerprint density at radius 3 is 3.00 bits per heavy atom. The minimum atomic E-state index is 0.00528. The lowest BCUT2D eigenvalue weighted by Crippen LogP contribution is -2.16. The van der Waals surface area contributed by atoms with Crippen LogP contribution in [-0.2, 0) is 0 Å². The molecule has 1 heterocycles. The van der Waals surface area contributed by atoms with Crippen LogP contribution in [0.2, 0.25) is 0 Å². The van der Waals surface area contributed by atoms with Gasteiger partial charge in [0.1, 0.15) is 11.6 Å². The van der Waals surface area contributed by atoms with Crippen molar-refractivity contribution >= 4 is 5.84 Å². The van der Waals surface area contributed by atoms with Crippen LogP contribution in [0.15, 0.2) is 18.5 Å². The molecular weight excluding hydrogens is 178 g/mol. The Kier molecular flexibility index (Phi) is 3.45. The standard InChI is InChI=1S/C10H15N3O/c1-3-7(2)14-9-6-13-5-4-8(9)10(11)12/h4-7H,3H2,1-2H3,(H3,11,12). The molecule has 76 valence electrons. The summed E-state index contributed by atoms with van der Waals surface area (Å²) in [5.74, 6) is 0.583. The van der Waals surface area contributed by atoms with Crippen LogP contribution < -0.4 is 10.5 Å². The molecule has 1 rings (SSSR count). The van der Waals surface area contributed by atoms with Gasteiger partial charge in [-0.1, -0.05) is 6.92 Å². The second-order valence-electron chi connectivity index (χ2n) is 3.12. The van der Waals surface area contributed by atoms with E-state index in [4.69, 9.17) is 15.9 Å². The molecule has 0 saturated heterocycles. The number of nitrogens with one attached hydrogen (secondary N) is 1. The highest BCUT2D eigenvalue weighted by Crippen LogP contribution is 2.17. The van der Waals surface area contributed by atoms with Gasteiger partial charge in [-0.25, -0.2) is 0 Å². The van der Waals surface area contributed by atoms with E-state index >= 15 is 0 Å². The number of rotatable bonds is 4. The SMILES string of the molecule is CCC(C)Oc1cnccc1C(=N)N. The van der Waals surface area contributed by atoms with Gasteiger partial charge in [-0.05, 0) is 19.4 Å². The molecule has 1 unspecified atom stereocenters. The second kappa shape index (κ2) is 4.60. The molecule has 1 aromatic rings. The lowest BCUT2D eigenvalue weighted by Gasteiger charge is -2.14. The van der Waals surface area contributed by atoms with Crippen molar-refractivity contribution in [2.45, 2.75) is 26.4 Å². The third-order valence-corrected chi connectivity index (χ3v) is 1.98. The van der Waals surface area contributed by atoms with Crippen molar-refractivity contribution in [1.29, 1.82) is 5.41 Å². The molecule has 4 heteroatoms. The van der Waals surface area contributed by atoms with Gasteiger partial charge in [0, 0.05) is 6.20 Å².